The van der Waals surface area contributed by atoms with E-state index in [9.17, 15) is 4.79 Å². The highest BCUT2D eigenvalue weighted by Gasteiger charge is 2.42. The number of nitriles is 1. The highest BCUT2D eigenvalue weighted by Crippen LogP contribution is 2.49. The number of hydrogen-bond donors (Lipinski definition) is 0. The van der Waals surface area contributed by atoms with Gasteiger partial charge in [0, 0.05) is 35.1 Å². The Bertz CT molecular complexity index is 468. The molecule has 1 heterocycles. The fraction of sp³-hybridized carbons (Fsp3) is 0.455. The van der Waals surface area contributed by atoms with Gasteiger partial charge in [0.2, 0.25) is 0 Å². The van der Waals surface area contributed by atoms with Crippen LogP contribution in [-0.2, 0) is 6.54 Å². The fourth-order valence-electron chi connectivity index (χ4n) is 1.72. The average Bonchev–Trinajstić information content (AvgIpc) is 2.92. The quantitative estimate of drug-likeness (QED) is 0.843. The number of hydrogen-bond acceptors (Lipinski definition) is 2. The van der Waals surface area contributed by atoms with Crippen molar-refractivity contribution in [3.05, 3.63) is 33.2 Å². The molecule has 0 atom stereocenters. The van der Waals surface area contributed by atoms with Gasteiger partial charge in [-0.3, -0.25) is 4.79 Å². The molecule has 0 bridgehead atoms. The van der Waals surface area contributed by atoms with Crippen molar-refractivity contribution in [1.29, 1.82) is 5.26 Å². The first-order chi connectivity index (χ1) is 7.15. The molecule has 0 radical (unpaired) electrons. The highest BCUT2D eigenvalue weighted by atomic mass is 79.9. The minimum absolute atomic E-state index is 0.00224. The minimum Gasteiger partial charge on any atom is -0.314 e. The summed E-state index contributed by atoms with van der Waals surface area (Å²) in [5.41, 5.74) is 0.0711. The second kappa shape index (κ2) is 3.82. The van der Waals surface area contributed by atoms with E-state index in [2.05, 4.69) is 22.0 Å². The predicted octanol–water partition coefficient (Wildman–Crippen LogP) is 2.30. The Hall–Kier alpha value is -1.08. The van der Waals surface area contributed by atoms with Gasteiger partial charge in [-0.2, -0.15) is 5.26 Å². The Morgan fingerprint density at radius 3 is 2.87 bits per heavy atom. The van der Waals surface area contributed by atoms with Gasteiger partial charge >= 0.3 is 0 Å². The van der Waals surface area contributed by atoms with Gasteiger partial charge in [0.1, 0.15) is 0 Å². The first-order valence-corrected chi connectivity index (χ1v) is 5.67. The van der Waals surface area contributed by atoms with Gasteiger partial charge in [0.05, 0.1) is 6.07 Å². The summed E-state index contributed by atoms with van der Waals surface area (Å²) in [6.45, 7) is 0.666. The first-order valence-electron chi connectivity index (χ1n) is 4.88. The maximum atomic E-state index is 11.5. The molecule has 0 aliphatic heterocycles. The average molecular weight is 267 g/mol. The summed E-state index contributed by atoms with van der Waals surface area (Å²) >= 11 is 3.34. The van der Waals surface area contributed by atoms with Gasteiger partial charge in [-0.05, 0) is 34.8 Å². The number of halogens is 1. The molecule has 0 N–H and O–H groups in total. The maximum Gasteiger partial charge on any atom is 0.250 e. The molecule has 1 aromatic heterocycles. The molecule has 1 aliphatic carbocycles. The molecule has 1 aliphatic rings. The van der Waals surface area contributed by atoms with E-state index in [0.29, 0.717) is 13.0 Å². The summed E-state index contributed by atoms with van der Waals surface area (Å²) < 4.78 is 2.59. The summed E-state index contributed by atoms with van der Waals surface area (Å²) in [6.07, 6.45) is 4.45. The van der Waals surface area contributed by atoms with E-state index in [0.717, 1.165) is 17.3 Å². The number of nitrogens with zero attached hydrogens (tertiary/aromatic N) is 2. The summed E-state index contributed by atoms with van der Waals surface area (Å²) in [5, 5.41) is 8.70. The molecule has 2 rings (SSSR count). The van der Waals surface area contributed by atoms with Crippen molar-refractivity contribution in [2.24, 2.45) is 5.41 Å². The van der Waals surface area contributed by atoms with Gasteiger partial charge < -0.3 is 4.57 Å². The zero-order valence-corrected chi connectivity index (χ0v) is 9.83. The van der Waals surface area contributed by atoms with E-state index in [1.165, 1.54) is 0 Å². The SMILES string of the molecule is N#CCC1(Cn2cc(Br)ccc2=O)CC1. The van der Waals surface area contributed by atoms with Gasteiger partial charge in [0.15, 0.2) is 0 Å². The van der Waals surface area contributed by atoms with Crippen LogP contribution in [0.15, 0.2) is 27.6 Å². The molecular weight excluding hydrogens is 256 g/mol. The lowest BCUT2D eigenvalue weighted by Crippen LogP contribution is -2.23. The fourth-order valence-corrected chi connectivity index (χ4v) is 2.10. The Morgan fingerprint density at radius 2 is 2.27 bits per heavy atom. The maximum absolute atomic E-state index is 11.5. The van der Waals surface area contributed by atoms with Crippen LogP contribution >= 0.6 is 15.9 Å². The van der Waals surface area contributed by atoms with Gasteiger partial charge in [-0.15, -0.1) is 0 Å². The Kier molecular flexibility index (Phi) is 2.66. The molecule has 0 amide bonds. The van der Waals surface area contributed by atoms with Crippen molar-refractivity contribution in [2.75, 3.05) is 0 Å². The largest absolute Gasteiger partial charge is 0.314 e. The van der Waals surface area contributed by atoms with Crippen molar-refractivity contribution in [3.8, 4) is 6.07 Å². The molecule has 1 fully saturated rings. The van der Waals surface area contributed by atoms with Crippen LogP contribution in [0.25, 0.3) is 0 Å². The van der Waals surface area contributed by atoms with Crippen molar-refractivity contribution in [1.82, 2.24) is 4.57 Å². The molecule has 4 heteroatoms. The van der Waals surface area contributed by atoms with E-state index in [4.69, 9.17) is 5.26 Å². The van der Waals surface area contributed by atoms with E-state index in [1.54, 1.807) is 22.9 Å². The molecule has 0 aromatic carbocycles. The van der Waals surface area contributed by atoms with E-state index in [1.807, 2.05) is 0 Å². The van der Waals surface area contributed by atoms with Crippen LogP contribution in [0.4, 0.5) is 0 Å². The first kappa shape index (κ1) is 10.4. The molecule has 0 saturated heterocycles. The van der Waals surface area contributed by atoms with Crippen LogP contribution in [0.5, 0.6) is 0 Å². The molecule has 1 aromatic rings. The van der Waals surface area contributed by atoms with Crippen LogP contribution in [0, 0.1) is 16.7 Å². The lowest BCUT2D eigenvalue weighted by atomic mass is 10.0. The minimum atomic E-state index is 0.00224. The van der Waals surface area contributed by atoms with Crippen molar-refractivity contribution in [2.45, 2.75) is 25.8 Å². The monoisotopic (exact) mass is 266 g/mol. The molecule has 15 heavy (non-hydrogen) atoms. The molecular formula is C11H11BrN2O. The van der Waals surface area contributed by atoms with E-state index in [-0.39, 0.29) is 11.0 Å². The topological polar surface area (TPSA) is 45.8 Å². The highest BCUT2D eigenvalue weighted by molar-refractivity contribution is 9.10. The summed E-state index contributed by atoms with van der Waals surface area (Å²) in [7, 11) is 0. The Balaban J connectivity index is 2.21. The zero-order valence-electron chi connectivity index (χ0n) is 8.24. The third-order valence-electron chi connectivity index (χ3n) is 2.86. The van der Waals surface area contributed by atoms with E-state index < -0.39 is 0 Å². The van der Waals surface area contributed by atoms with Crippen LogP contribution in [0.1, 0.15) is 19.3 Å². The van der Waals surface area contributed by atoms with Crippen molar-refractivity contribution >= 4 is 15.9 Å². The van der Waals surface area contributed by atoms with Crippen LogP contribution in [0.3, 0.4) is 0 Å². The van der Waals surface area contributed by atoms with Gasteiger partial charge in [-0.25, -0.2) is 0 Å². The second-order valence-corrected chi connectivity index (χ2v) is 5.06. The lowest BCUT2D eigenvalue weighted by molar-refractivity contribution is 0.423. The molecule has 78 valence electrons. The second-order valence-electron chi connectivity index (χ2n) is 4.15. The third kappa shape index (κ3) is 2.29. The van der Waals surface area contributed by atoms with Gasteiger partial charge in [0.25, 0.3) is 5.56 Å². The summed E-state index contributed by atoms with van der Waals surface area (Å²) in [4.78, 5) is 11.5. The normalized spacial score (nSPS) is 17.1. The van der Waals surface area contributed by atoms with Crippen LogP contribution in [0.2, 0.25) is 0 Å². The van der Waals surface area contributed by atoms with Crippen LogP contribution < -0.4 is 5.56 Å². The third-order valence-corrected chi connectivity index (χ3v) is 3.33. The summed E-state index contributed by atoms with van der Waals surface area (Å²) in [5.74, 6) is 0. The van der Waals surface area contributed by atoms with Crippen molar-refractivity contribution in [3.63, 3.8) is 0 Å². The van der Waals surface area contributed by atoms with E-state index >= 15 is 0 Å². The van der Waals surface area contributed by atoms with Crippen molar-refractivity contribution < 1.29 is 0 Å². The number of pyridine rings is 1. The zero-order chi connectivity index (χ0) is 10.9. The summed E-state index contributed by atoms with van der Waals surface area (Å²) in [6, 6.07) is 5.48. The number of rotatable bonds is 3. The molecule has 0 spiro atoms. The predicted molar refractivity (Wildman–Crippen MR) is 60.3 cm³/mol. The number of aromatic nitrogens is 1. The molecule has 1 saturated carbocycles. The molecule has 0 unspecified atom stereocenters. The Morgan fingerprint density at radius 1 is 1.53 bits per heavy atom. The Labute approximate surface area is 96.5 Å². The standard InChI is InChI=1S/C11H11BrN2O/c12-9-1-2-10(15)14(7-9)8-11(3-4-11)5-6-13/h1-2,7H,3-5,8H2. The van der Waals surface area contributed by atoms with Gasteiger partial charge in [-0.1, -0.05) is 0 Å². The smallest absolute Gasteiger partial charge is 0.250 e. The lowest BCUT2D eigenvalue weighted by Gasteiger charge is -2.13. The molecule has 3 nitrogen and oxygen atoms in total. The van der Waals surface area contributed by atoms with Crippen LogP contribution in [-0.4, -0.2) is 4.57 Å².